The Labute approximate surface area is 197 Å². The molecule has 1 aliphatic carbocycles. The number of H-pyrrole nitrogens is 1. The van der Waals surface area contributed by atoms with Crippen LogP contribution in [0.1, 0.15) is 41.1 Å². The normalized spacial score (nSPS) is 21.0. The van der Waals surface area contributed by atoms with Crippen LogP contribution in [0.2, 0.25) is 0 Å². The minimum Gasteiger partial charge on any atom is -0.464 e. The van der Waals surface area contributed by atoms with Crippen LogP contribution in [0.3, 0.4) is 0 Å². The predicted molar refractivity (Wildman–Crippen MR) is 125 cm³/mol. The van der Waals surface area contributed by atoms with E-state index in [1.807, 2.05) is 12.1 Å². The Bertz CT molecular complexity index is 1400. The third kappa shape index (κ3) is 4.28. The number of rotatable bonds is 6. The fourth-order valence-electron chi connectivity index (χ4n) is 4.41. The van der Waals surface area contributed by atoms with Crippen LogP contribution in [-0.4, -0.2) is 61.9 Å². The van der Waals surface area contributed by atoms with Crippen molar-refractivity contribution in [3.8, 4) is 0 Å². The Hall–Kier alpha value is -2.95. The average molecular weight is 486 g/mol. The molecule has 1 saturated heterocycles. The molecule has 2 fully saturated rings. The lowest BCUT2D eigenvalue weighted by molar-refractivity contribution is 0.0730. The number of aromatic nitrogens is 1. The van der Waals surface area contributed by atoms with Crippen LogP contribution in [0.5, 0.6) is 0 Å². The molecule has 0 radical (unpaired) electrons. The van der Waals surface area contributed by atoms with Gasteiger partial charge in [0.05, 0.1) is 30.2 Å². The van der Waals surface area contributed by atoms with Crippen LogP contribution in [-0.2, 0) is 21.3 Å². The third-order valence-corrected chi connectivity index (χ3v) is 8.44. The van der Waals surface area contributed by atoms with Crippen molar-refractivity contribution in [1.82, 2.24) is 14.2 Å². The lowest BCUT2D eigenvalue weighted by Crippen LogP contribution is -2.40. The standard InChI is InChI=1S/C24H27N3O6S/c1-15-11-18(15)22-6-3-16(33-22)14-26(2)24(29)20-13-23(28)25-21-5-4-17(12-19(20)21)34(30,31)27-7-9-32-10-8-27/h3-6,12-13,15,18H,7-11,14H2,1-2H3,(H,25,28)/t15-,18-/m0/s1. The van der Waals surface area contributed by atoms with Crippen molar-refractivity contribution in [2.75, 3.05) is 33.4 Å². The summed E-state index contributed by atoms with van der Waals surface area (Å²) in [6.07, 6.45) is 1.11. The Morgan fingerprint density at radius 3 is 2.62 bits per heavy atom. The van der Waals surface area contributed by atoms with E-state index >= 15 is 0 Å². The van der Waals surface area contributed by atoms with Crippen LogP contribution in [0.25, 0.3) is 10.9 Å². The van der Waals surface area contributed by atoms with Crippen molar-refractivity contribution in [3.05, 3.63) is 63.8 Å². The first kappa shape index (κ1) is 22.8. The quantitative estimate of drug-likeness (QED) is 0.574. The molecule has 1 amide bonds. The molecular formula is C24H27N3O6S. The third-order valence-electron chi connectivity index (χ3n) is 6.55. The first-order valence-corrected chi connectivity index (χ1v) is 12.8. The zero-order valence-electron chi connectivity index (χ0n) is 19.1. The summed E-state index contributed by atoms with van der Waals surface area (Å²) in [6.45, 7) is 3.62. The highest BCUT2D eigenvalue weighted by Gasteiger charge is 2.36. The van der Waals surface area contributed by atoms with Gasteiger partial charge in [-0.2, -0.15) is 4.31 Å². The molecule has 0 unspecified atom stereocenters. The molecule has 1 N–H and O–H groups in total. The number of aromatic amines is 1. The van der Waals surface area contributed by atoms with Crippen LogP contribution >= 0.6 is 0 Å². The van der Waals surface area contributed by atoms with Gasteiger partial charge in [0.2, 0.25) is 15.6 Å². The van der Waals surface area contributed by atoms with Gasteiger partial charge in [-0.05, 0) is 42.7 Å². The highest BCUT2D eigenvalue weighted by Crippen LogP contribution is 2.47. The maximum atomic E-state index is 13.3. The Morgan fingerprint density at radius 2 is 1.91 bits per heavy atom. The van der Waals surface area contributed by atoms with E-state index in [-0.39, 0.29) is 30.1 Å². The van der Waals surface area contributed by atoms with Gasteiger partial charge >= 0.3 is 0 Å². The summed E-state index contributed by atoms with van der Waals surface area (Å²) in [7, 11) is -2.13. The van der Waals surface area contributed by atoms with Crippen molar-refractivity contribution in [2.45, 2.75) is 30.7 Å². The summed E-state index contributed by atoms with van der Waals surface area (Å²) in [4.78, 5) is 29.8. The van der Waals surface area contributed by atoms with Crippen LogP contribution < -0.4 is 5.56 Å². The number of morpholine rings is 1. The monoisotopic (exact) mass is 485 g/mol. The molecule has 2 aliphatic rings. The number of fused-ring (bicyclic) bond motifs is 1. The summed E-state index contributed by atoms with van der Waals surface area (Å²) in [5.74, 6) is 2.26. The zero-order chi connectivity index (χ0) is 24.0. The molecule has 180 valence electrons. The number of hydrogen-bond acceptors (Lipinski definition) is 6. The highest BCUT2D eigenvalue weighted by molar-refractivity contribution is 7.89. The highest BCUT2D eigenvalue weighted by atomic mass is 32.2. The van der Waals surface area contributed by atoms with E-state index in [1.165, 1.54) is 33.5 Å². The van der Waals surface area contributed by atoms with E-state index in [9.17, 15) is 18.0 Å². The number of pyridine rings is 1. The molecule has 2 atom stereocenters. The van der Waals surface area contributed by atoms with E-state index in [2.05, 4.69) is 11.9 Å². The number of amides is 1. The Kier molecular flexibility index (Phi) is 5.83. The van der Waals surface area contributed by atoms with E-state index in [1.54, 1.807) is 7.05 Å². The lowest BCUT2D eigenvalue weighted by atomic mass is 10.1. The van der Waals surface area contributed by atoms with Crippen molar-refractivity contribution >= 4 is 26.8 Å². The average Bonchev–Trinajstić information content (AvgIpc) is 3.38. The van der Waals surface area contributed by atoms with Gasteiger partial charge in [0, 0.05) is 43.0 Å². The zero-order valence-corrected chi connectivity index (χ0v) is 19.9. The maximum Gasteiger partial charge on any atom is 0.254 e. The molecule has 9 nitrogen and oxygen atoms in total. The fourth-order valence-corrected chi connectivity index (χ4v) is 5.85. The number of hydrogen-bond donors (Lipinski definition) is 1. The van der Waals surface area contributed by atoms with Crippen LogP contribution in [0.4, 0.5) is 0 Å². The topological polar surface area (TPSA) is 113 Å². The Balaban J connectivity index is 1.45. The number of nitrogens with one attached hydrogen (secondary N) is 1. The predicted octanol–water partition coefficient (Wildman–Crippen LogP) is 2.54. The van der Waals surface area contributed by atoms with Crippen molar-refractivity contribution in [2.24, 2.45) is 5.92 Å². The number of nitrogens with zero attached hydrogens (tertiary/aromatic N) is 2. The minimum absolute atomic E-state index is 0.0693. The summed E-state index contributed by atoms with van der Waals surface area (Å²) >= 11 is 0. The molecule has 3 heterocycles. The number of benzene rings is 1. The van der Waals surface area contributed by atoms with Crippen LogP contribution in [0.15, 0.2) is 50.5 Å². The summed E-state index contributed by atoms with van der Waals surface area (Å²) in [6, 6.07) is 9.46. The molecule has 1 saturated carbocycles. The maximum absolute atomic E-state index is 13.3. The summed E-state index contributed by atoms with van der Waals surface area (Å²) in [5, 5.41) is 0.373. The molecule has 10 heteroatoms. The molecule has 1 aliphatic heterocycles. The molecule has 34 heavy (non-hydrogen) atoms. The SMILES string of the molecule is C[C@H]1C[C@@H]1c1ccc(CN(C)C(=O)c2cc(=O)[nH]c3ccc(S(=O)(=O)N4CCOCC4)cc23)o1. The summed E-state index contributed by atoms with van der Waals surface area (Å²) < 4.78 is 38.8. The number of carbonyl (C=O) groups is 1. The molecular weight excluding hydrogens is 458 g/mol. The molecule has 5 rings (SSSR count). The van der Waals surface area contributed by atoms with Crippen molar-refractivity contribution in [1.29, 1.82) is 0 Å². The second-order valence-corrected chi connectivity index (χ2v) is 11.0. The number of sulfonamides is 1. The molecule has 1 aromatic carbocycles. The molecule has 0 spiro atoms. The fraction of sp³-hybridized carbons (Fsp3) is 0.417. The van der Waals surface area contributed by atoms with E-state index in [0.29, 0.717) is 41.7 Å². The van der Waals surface area contributed by atoms with Gasteiger partial charge in [-0.25, -0.2) is 8.42 Å². The van der Waals surface area contributed by atoms with Gasteiger partial charge in [0.15, 0.2) is 0 Å². The second kappa shape index (κ2) is 8.68. The van der Waals surface area contributed by atoms with E-state index < -0.39 is 21.5 Å². The lowest BCUT2D eigenvalue weighted by Gasteiger charge is -2.26. The number of furan rings is 1. The molecule has 3 aromatic rings. The van der Waals surface area contributed by atoms with Gasteiger partial charge in [0.25, 0.3) is 5.91 Å². The first-order chi connectivity index (χ1) is 16.2. The van der Waals surface area contributed by atoms with Crippen molar-refractivity contribution < 1.29 is 22.4 Å². The van der Waals surface area contributed by atoms with Gasteiger partial charge in [0.1, 0.15) is 11.5 Å². The number of ether oxygens (including phenoxy) is 1. The minimum atomic E-state index is -3.76. The van der Waals surface area contributed by atoms with Gasteiger partial charge in [-0.15, -0.1) is 0 Å². The molecule has 0 bridgehead atoms. The second-order valence-electron chi connectivity index (χ2n) is 9.06. The Morgan fingerprint density at radius 1 is 1.18 bits per heavy atom. The number of carbonyl (C=O) groups excluding carboxylic acids is 1. The molecule has 2 aromatic heterocycles. The van der Waals surface area contributed by atoms with Gasteiger partial charge in [-0.3, -0.25) is 9.59 Å². The van der Waals surface area contributed by atoms with E-state index in [4.69, 9.17) is 9.15 Å². The first-order valence-electron chi connectivity index (χ1n) is 11.3. The van der Waals surface area contributed by atoms with Gasteiger partial charge in [-0.1, -0.05) is 6.92 Å². The largest absolute Gasteiger partial charge is 0.464 e. The van der Waals surface area contributed by atoms with Crippen LogP contribution in [0, 0.1) is 5.92 Å². The van der Waals surface area contributed by atoms with E-state index in [0.717, 1.165) is 12.2 Å². The van der Waals surface area contributed by atoms with Crippen molar-refractivity contribution in [3.63, 3.8) is 0 Å². The smallest absolute Gasteiger partial charge is 0.254 e. The summed E-state index contributed by atoms with van der Waals surface area (Å²) in [5.41, 5.74) is 0.104. The van der Waals surface area contributed by atoms with Gasteiger partial charge < -0.3 is 19.0 Å².